The van der Waals surface area contributed by atoms with Crippen molar-refractivity contribution in [1.82, 2.24) is 10.6 Å². The first-order valence-corrected chi connectivity index (χ1v) is 9.46. The molecular weight excluding hydrogens is 420 g/mol. The Hall–Kier alpha value is -3.12. The highest BCUT2D eigenvalue weighted by Crippen LogP contribution is 2.13. The van der Waals surface area contributed by atoms with Gasteiger partial charge in [-0.2, -0.15) is 0 Å². The number of hydrogen-bond donors (Lipinski definition) is 2. The molecule has 0 saturated carbocycles. The molecule has 0 aliphatic heterocycles. The summed E-state index contributed by atoms with van der Waals surface area (Å²) in [5, 5.41) is 5.47. The molecular formula is C22H19BrN2O3. The summed E-state index contributed by atoms with van der Waals surface area (Å²) >= 11 is 3.38. The molecule has 1 heterocycles. The van der Waals surface area contributed by atoms with E-state index in [1.807, 2.05) is 43.3 Å². The number of rotatable bonds is 6. The molecule has 0 saturated heterocycles. The van der Waals surface area contributed by atoms with Crippen molar-refractivity contribution in [1.29, 1.82) is 0 Å². The zero-order valence-corrected chi connectivity index (χ0v) is 16.8. The van der Waals surface area contributed by atoms with Gasteiger partial charge in [0.1, 0.15) is 11.5 Å². The Morgan fingerprint density at radius 1 is 1.04 bits per heavy atom. The number of hydrogen-bond acceptors (Lipinski definition) is 3. The van der Waals surface area contributed by atoms with Gasteiger partial charge in [0.25, 0.3) is 11.8 Å². The Bertz CT molecular complexity index is 976. The summed E-state index contributed by atoms with van der Waals surface area (Å²) in [7, 11) is 0. The van der Waals surface area contributed by atoms with Crippen LogP contribution in [0.25, 0.3) is 6.08 Å². The number of carbonyl (C=O) groups excluding carboxylic acids is 2. The standard InChI is InChI=1S/C22H19BrN2O3/c1-15-4-8-17(9-5-15)21(26)25-20(13-16-6-10-18(23)11-7-16)22(27)24-14-19-3-2-12-28-19/h2-13H,14H2,1H3,(H,24,27)(H,25,26)/b20-13+. The van der Waals surface area contributed by atoms with E-state index in [1.165, 1.54) is 0 Å². The van der Waals surface area contributed by atoms with E-state index in [0.717, 1.165) is 15.6 Å². The second-order valence-corrected chi connectivity index (χ2v) is 7.11. The molecule has 2 N–H and O–H groups in total. The molecule has 6 heteroatoms. The molecule has 3 aromatic rings. The highest BCUT2D eigenvalue weighted by atomic mass is 79.9. The third-order valence-electron chi connectivity index (χ3n) is 3.99. The van der Waals surface area contributed by atoms with Gasteiger partial charge in [0.05, 0.1) is 12.8 Å². The second-order valence-electron chi connectivity index (χ2n) is 6.19. The van der Waals surface area contributed by atoms with Crippen LogP contribution < -0.4 is 10.6 Å². The van der Waals surface area contributed by atoms with Crippen molar-refractivity contribution in [3.8, 4) is 0 Å². The van der Waals surface area contributed by atoms with E-state index >= 15 is 0 Å². The van der Waals surface area contributed by atoms with Crippen LogP contribution in [-0.2, 0) is 11.3 Å². The summed E-state index contributed by atoms with van der Waals surface area (Å²) < 4.78 is 6.16. The fourth-order valence-corrected chi connectivity index (χ4v) is 2.72. The van der Waals surface area contributed by atoms with Crippen LogP contribution in [-0.4, -0.2) is 11.8 Å². The molecule has 0 aliphatic rings. The average Bonchev–Trinajstić information content (AvgIpc) is 3.21. The lowest BCUT2D eigenvalue weighted by molar-refractivity contribution is -0.118. The smallest absolute Gasteiger partial charge is 0.268 e. The van der Waals surface area contributed by atoms with E-state index < -0.39 is 5.91 Å². The van der Waals surface area contributed by atoms with Crippen molar-refractivity contribution in [2.45, 2.75) is 13.5 Å². The maximum Gasteiger partial charge on any atom is 0.268 e. The summed E-state index contributed by atoms with van der Waals surface area (Å²) in [6, 6.07) is 18.1. The zero-order valence-electron chi connectivity index (χ0n) is 15.2. The van der Waals surface area contributed by atoms with Crippen molar-refractivity contribution in [3.63, 3.8) is 0 Å². The molecule has 5 nitrogen and oxygen atoms in total. The van der Waals surface area contributed by atoms with Crippen molar-refractivity contribution < 1.29 is 14.0 Å². The van der Waals surface area contributed by atoms with Crippen molar-refractivity contribution in [3.05, 3.63) is 99.5 Å². The number of benzene rings is 2. The van der Waals surface area contributed by atoms with Crippen LogP contribution in [0.15, 0.2) is 81.5 Å². The van der Waals surface area contributed by atoms with Crippen LogP contribution in [0.4, 0.5) is 0 Å². The molecule has 3 rings (SSSR count). The van der Waals surface area contributed by atoms with Gasteiger partial charge in [-0.15, -0.1) is 0 Å². The van der Waals surface area contributed by atoms with E-state index in [1.54, 1.807) is 36.6 Å². The maximum absolute atomic E-state index is 12.7. The van der Waals surface area contributed by atoms with E-state index in [9.17, 15) is 9.59 Å². The van der Waals surface area contributed by atoms with Gasteiger partial charge < -0.3 is 15.1 Å². The summed E-state index contributed by atoms with van der Waals surface area (Å²) in [5.74, 6) is -0.127. The number of nitrogens with one attached hydrogen (secondary N) is 2. The van der Waals surface area contributed by atoms with E-state index in [-0.39, 0.29) is 18.1 Å². The first-order valence-electron chi connectivity index (χ1n) is 8.67. The van der Waals surface area contributed by atoms with Crippen LogP contribution in [0.2, 0.25) is 0 Å². The largest absolute Gasteiger partial charge is 0.467 e. The second kappa shape index (κ2) is 9.19. The minimum absolute atomic E-state index is 0.152. The van der Waals surface area contributed by atoms with Gasteiger partial charge in [-0.25, -0.2) is 0 Å². The van der Waals surface area contributed by atoms with Crippen LogP contribution >= 0.6 is 15.9 Å². The number of amides is 2. The first kappa shape index (κ1) is 19.6. The average molecular weight is 439 g/mol. The molecule has 0 spiro atoms. The van der Waals surface area contributed by atoms with E-state index in [0.29, 0.717) is 11.3 Å². The number of halogens is 1. The molecule has 1 aromatic heterocycles. The van der Waals surface area contributed by atoms with Gasteiger partial charge in [-0.3, -0.25) is 9.59 Å². The van der Waals surface area contributed by atoms with Crippen molar-refractivity contribution in [2.24, 2.45) is 0 Å². The molecule has 0 fully saturated rings. The number of carbonyl (C=O) groups is 2. The molecule has 0 unspecified atom stereocenters. The fraction of sp³-hybridized carbons (Fsp3) is 0.0909. The molecule has 142 valence electrons. The van der Waals surface area contributed by atoms with Crippen LogP contribution in [0, 0.1) is 6.92 Å². The van der Waals surface area contributed by atoms with Crippen LogP contribution in [0.1, 0.15) is 27.2 Å². The van der Waals surface area contributed by atoms with Gasteiger partial charge in [-0.1, -0.05) is 45.8 Å². The van der Waals surface area contributed by atoms with Gasteiger partial charge in [0.2, 0.25) is 0 Å². The first-order chi connectivity index (χ1) is 13.5. The van der Waals surface area contributed by atoms with Gasteiger partial charge >= 0.3 is 0 Å². The molecule has 0 atom stereocenters. The molecule has 2 aromatic carbocycles. The lowest BCUT2D eigenvalue weighted by Gasteiger charge is -2.11. The number of aryl methyl sites for hydroxylation is 1. The highest BCUT2D eigenvalue weighted by Gasteiger charge is 2.15. The lowest BCUT2D eigenvalue weighted by Crippen LogP contribution is -2.34. The Morgan fingerprint density at radius 2 is 1.75 bits per heavy atom. The Balaban J connectivity index is 1.80. The summed E-state index contributed by atoms with van der Waals surface area (Å²) in [5.41, 5.74) is 2.47. The Kier molecular flexibility index (Phi) is 6.45. The fourth-order valence-electron chi connectivity index (χ4n) is 2.46. The Morgan fingerprint density at radius 3 is 2.39 bits per heavy atom. The van der Waals surface area contributed by atoms with Crippen molar-refractivity contribution >= 4 is 33.8 Å². The lowest BCUT2D eigenvalue weighted by atomic mass is 10.1. The third kappa shape index (κ3) is 5.44. The van der Waals surface area contributed by atoms with Crippen molar-refractivity contribution in [2.75, 3.05) is 0 Å². The normalized spacial score (nSPS) is 11.1. The Labute approximate surface area is 171 Å². The zero-order chi connectivity index (χ0) is 19.9. The van der Waals surface area contributed by atoms with E-state index in [2.05, 4.69) is 26.6 Å². The molecule has 0 aliphatic carbocycles. The minimum Gasteiger partial charge on any atom is -0.467 e. The summed E-state index contributed by atoms with van der Waals surface area (Å²) in [6.07, 6.45) is 3.18. The van der Waals surface area contributed by atoms with Gasteiger partial charge in [-0.05, 0) is 55.0 Å². The number of furan rings is 1. The van der Waals surface area contributed by atoms with E-state index in [4.69, 9.17) is 4.42 Å². The molecule has 2 amide bonds. The topological polar surface area (TPSA) is 71.3 Å². The van der Waals surface area contributed by atoms with Crippen LogP contribution in [0.3, 0.4) is 0 Å². The predicted molar refractivity (Wildman–Crippen MR) is 111 cm³/mol. The highest BCUT2D eigenvalue weighted by molar-refractivity contribution is 9.10. The minimum atomic E-state index is -0.403. The predicted octanol–water partition coefficient (Wildman–Crippen LogP) is 4.44. The van der Waals surface area contributed by atoms with Gasteiger partial charge in [0, 0.05) is 10.0 Å². The van der Waals surface area contributed by atoms with Gasteiger partial charge in [0.15, 0.2) is 0 Å². The quantitative estimate of drug-likeness (QED) is 0.558. The summed E-state index contributed by atoms with van der Waals surface area (Å²) in [6.45, 7) is 2.17. The SMILES string of the molecule is Cc1ccc(C(=O)N/C(=C/c2ccc(Br)cc2)C(=O)NCc2ccco2)cc1. The monoisotopic (exact) mass is 438 g/mol. The molecule has 28 heavy (non-hydrogen) atoms. The third-order valence-corrected chi connectivity index (χ3v) is 4.52. The van der Waals surface area contributed by atoms with Crippen LogP contribution in [0.5, 0.6) is 0 Å². The molecule has 0 bridgehead atoms. The summed E-state index contributed by atoms with van der Waals surface area (Å²) in [4.78, 5) is 25.3. The molecule has 0 radical (unpaired) electrons. The maximum atomic E-state index is 12.7.